The van der Waals surface area contributed by atoms with Crippen molar-refractivity contribution < 1.29 is 26.4 Å². The zero-order valence-corrected chi connectivity index (χ0v) is 25.8. The summed E-state index contributed by atoms with van der Waals surface area (Å²) in [5.41, 5.74) is 0.963. The predicted octanol–water partition coefficient (Wildman–Crippen LogP) is 2.50. The molecule has 3 aliphatic rings. The minimum atomic E-state index is -4.64. The van der Waals surface area contributed by atoms with Crippen LogP contribution in [0.5, 0.6) is 0 Å². The molecular formula is C29H33F3N10O3S. The molecule has 0 aliphatic carbocycles. The number of carbonyl (C=O) groups excluding carboxylic acids is 1. The second-order valence-electron chi connectivity index (χ2n) is 12.0. The Labute approximate surface area is 263 Å². The highest BCUT2D eigenvalue weighted by atomic mass is 32.2. The summed E-state index contributed by atoms with van der Waals surface area (Å²) in [6.07, 6.45) is 1.65. The molecule has 3 aromatic heterocycles. The van der Waals surface area contributed by atoms with Crippen molar-refractivity contribution >= 4 is 38.9 Å². The third-order valence-electron chi connectivity index (χ3n) is 8.88. The van der Waals surface area contributed by atoms with Crippen molar-refractivity contribution in [3.63, 3.8) is 0 Å². The molecular weight excluding hydrogens is 625 g/mol. The van der Waals surface area contributed by atoms with Crippen molar-refractivity contribution in [2.45, 2.75) is 42.5 Å². The van der Waals surface area contributed by atoms with Crippen molar-refractivity contribution in [1.29, 1.82) is 0 Å². The maximum atomic E-state index is 13.6. The molecule has 13 nitrogen and oxygen atoms in total. The predicted molar refractivity (Wildman–Crippen MR) is 162 cm³/mol. The van der Waals surface area contributed by atoms with E-state index < -0.39 is 33.8 Å². The number of hydrogen-bond donors (Lipinski definition) is 1. The number of anilines is 3. The van der Waals surface area contributed by atoms with E-state index in [0.717, 1.165) is 30.9 Å². The number of nitrogens with one attached hydrogen (secondary N) is 1. The zero-order chi connectivity index (χ0) is 32.2. The van der Waals surface area contributed by atoms with Gasteiger partial charge in [0.1, 0.15) is 6.54 Å². The van der Waals surface area contributed by atoms with Gasteiger partial charge in [0.15, 0.2) is 5.65 Å². The Balaban J connectivity index is 1.05. The summed E-state index contributed by atoms with van der Waals surface area (Å²) in [4.78, 5) is 23.1. The van der Waals surface area contributed by atoms with Gasteiger partial charge in [-0.05, 0) is 50.2 Å². The lowest BCUT2D eigenvalue weighted by atomic mass is 10.2. The van der Waals surface area contributed by atoms with Crippen LogP contribution in [0, 0.1) is 0 Å². The van der Waals surface area contributed by atoms with Gasteiger partial charge in [0.05, 0.1) is 28.0 Å². The number of halogens is 3. The number of amides is 1. The fraction of sp³-hybridized carbons (Fsp3) is 0.448. The Kier molecular flexibility index (Phi) is 7.64. The van der Waals surface area contributed by atoms with E-state index in [1.54, 1.807) is 27.8 Å². The molecule has 4 aromatic rings. The van der Waals surface area contributed by atoms with Gasteiger partial charge in [-0.2, -0.15) is 27.6 Å². The molecule has 1 amide bonds. The molecule has 17 heteroatoms. The van der Waals surface area contributed by atoms with E-state index in [1.807, 2.05) is 24.1 Å². The lowest BCUT2D eigenvalue weighted by molar-refractivity contribution is -0.137. The number of nitrogens with zero attached hydrogens (tertiary/aromatic N) is 9. The van der Waals surface area contributed by atoms with Gasteiger partial charge in [-0.25, -0.2) is 12.9 Å². The number of rotatable bonds is 7. The van der Waals surface area contributed by atoms with Gasteiger partial charge in [0.2, 0.25) is 21.9 Å². The van der Waals surface area contributed by atoms with Crippen LogP contribution in [0.25, 0.3) is 5.65 Å². The number of sulfonamides is 1. The van der Waals surface area contributed by atoms with Gasteiger partial charge in [-0.15, -0.1) is 5.10 Å². The van der Waals surface area contributed by atoms with E-state index in [9.17, 15) is 26.4 Å². The number of alkyl halides is 3. The van der Waals surface area contributed by atoms with Crippen molar-refractivity contribution in [1.82, 2.24) is 38.5 Å². The summed E-state index contributed by atoms with van der Waals surface area (Å²) >= 11 is 0. The number of benzene rings is 1. The van der Waals surface area contributed by atoms with E-state index >= 15 is 0 Å². The molecule has 244 valence electrons. The smallest absolute Gasteiger partial charge is 0.365 e. The van der Waals surface area contributed by atoms with Gasteiger partial charge in [0, 0.05) is 63.7 Å². The lowest BCUT2D eigenvalue weighted by Crippen LogP contribution is -2.55. The maximum Gasteiger partial charge on any atom is 0.416 e. The number of aromatic nitrogens is 5. The number of fused-ring (bicyclic) bond motifs is 3. The second kappa shape index (κ2) is 11.5. The summed E-state index contributed by atoms with van der Waals surface area (Å²) in [7, 11) is -2.11. The molecule has 0 saturated carbocycles. The van der Waals surface area contributed by atoms with E-state index in [4.69, 9.17) is 4.98 Å². The van der Waals surface area contributed by atoms with Gasteiger partial charge < -0.3 is 20.0 Å². The SMILES string of the molecule is CN1CCN(C(=O)Cn2cc(Nc3nc4c(N5CC6CCC(C5)N6S(=O)(=O)c5cccc(C(F)(F)F)c5)cccn4n3)cn2)CC1. The molecule has 3 saturated heterocycles. The van der Waals surface area contributed by atoms with Crippen LogP contribution in [0.1, 0.15) is 18.4 Å². The van der Waals surface area contributed by atoms with Crippen LogP contribution in [-0.2, 0) is 27.5 Å². The van der Waals surface area contributed by atoms with Crippen LogP contribution in [0.15, 0.2) is 59.9 Å². The van der Waals surface area contributed by atoms with E-state index in [1.165, 1.54) is 10.4 Å². The maximum absolute atomic E-state index is 13.6. The largest absolute Gasteiger partial charge is 0.416 e. The number of likely N-dealkylation sites (N-methyl/N-ethyl adjacent to an activating group) is 1. The van der Waals surface area contributed by atoms with Crippen molar-refractivity contribution in [3.8, 4) is 0 Å². The quantitative estimate of drug-likeness (QED) is 0.319. The van der Waals surface area contributed by atoms with E-state index in [2.05, 4.69) is 25.3 Å². The van der Waals surface area contributed by atoms with Crippen LogP contribution < -0.4 is 10.2 Å². The second-order valence-corrected chi connectivity index (χ2v) is 13.8. The first-order valence-corrected chi connectivity index (χ1v) is 16.5. The third kappa shape index (κ3) is 5.78. The molecule has 1 aromatic carbocycles. The number of piperazine rings is 2. The highest BCUT2D eigenvalue weighted by molar-refractivity contribution is 7.89. The topological polar surface area (TPSA) is 124 Å². The van der Waals surface area contributed by atoms with Crippen LogP contribution >= 0.6 is 0 Å². The molecule has 1 N–H and O–H groups in total. The van der Waals surface area contributed by atoms with Crippen LogP contribution in [0.3, 0.4) is 0 Å². The third-order valence-corrected chi connectivity index (χ3v) is 10.9. The van der Waals surface area contributed by atoms with Gasteiger partial charge in [-0.3, -0.25) is 9.48 Å². The van der Waals surface area contributed by atoms with Crippen molar-refractivity contribution in [2.24, 2.45) is 0 Å². The molecule has 3 aliphatic heterocycles. The zero-order valence-electron chi connectivity index (χ0n) is 25.0. The highest BCUT2D eigenvalue weighted by Crippen LogP contribution is 2.39. The van der Waals surface area contributed by atoms with Crippen LogP contribution in [-0.4, -0.2) is 111 Å². The molecule has 3 fully saturated rings. The normalized spacial score (nSPS) is 21.3. The van der Waals surface area contributed by atoms with Crippen molar-refractivity contribution in [2.75, 3.05) is 56.5 Å². The molecule has 46 heavy (non-hydrogen) atoms. The van der Waals surface area contributed by atoms with Gasteiger partial charge in [0.25, 0.3) is 0 Å². The highest BCUT2D eigenvalue weighted by Gasteiger charge is 2.47. The molecule has 0 radical (unpaired) electrons. The number of hydrogen-bond acceptors (Lipinski definition) is 9. The standard InChI is InChI=1S/C29H33F3N10O3S/c1-37-10-12-38(13-11-37)26(43)19-40-16-21(15-33-40)34-28-35-27-25(6-3-9-41(27)36-28)39-17-22-7-8-23(18-39)42(22)46(44,45)24-5-2-4-20(14-24)29(30,31)32/h2-6,9,14-16,22-23H,7-8,10-13,17-19H2,1H3,(H,34,36). The summed E-state index contributed by atoms with van der Waals surface area (Å²) in [5, 5.41) is 12.0. The minimum Gasteiger partial charge on any atom is -0.365 e. The monoisotopic (exact) mass is 658 g/mol. The average molecular weight is 659 g/mol. The van der Waals surface area contributed by atoms with E-state index in [-0.39, 0.29) is 17.3 Å². The first kappa shape index (κ1) is 30.4. The summed E-state index contributed by atoms with van der Waals surface area (Å²) < 4.78 is 71.7. The van der Waals surface area contributed by atoms with Gasteiger partial charge in [-0.1, -0.05) is 6.07 Å². The molecule has 2 unspecified atom stereocenters. The first-order chi connectivity index (χ1) is 22.0. The molecule has 7 rings (SSSR count). The Bertz CT molecular complexity index is 1860. The lowest BCUT2D eigenvalue weighted by Gasteiger charge is -2.41. The van der Waals surface area contributed by atoms with Crippen LogP contribution in [0.2, 0.25) is 0 Å². The molecule has 6 heterocycles. The van der Waals surface area contributed by atoms with E-state index in [0.29, 0.717) is 62.4 Å². The minimum absolute atomic E-state index is 0.00920. The van der Waals surface area contributed by atoms with Crippen LogP contribution in [0.4, 0.5) is 30.5 Å². The Hall–Kier alpha value is -4.22. The van der Waals surface area contributed by atoms with Gasteiger partial charge >= 0.3 is 6.18 Å². The fourth-order valence-corrected chi connectivity index (χ4v) is 8.44. The summed E-state index contributed by atoms with van der Waals surface area (Å²) in [6, 6.07) is 6.85. The average Bonchev–Trinajstić information content (AvgIpc) is 3.72. The number of carbonyl (C=O) groups is 1. The number of pyridine rings is 1. The summed E-state index contributed by atoms with van der Waals surface area (Å²) in [5.74, 6) is 0.334. The molecule has 0 spiro atoms. The molecule has 2 atom stereocenters. The molecule has 2 bridgehead atoms. The Morgan fingerprint density at radius 1 is 1.04 bits per heavy atom. The fourth-order valence-electron chi connectivity index (χ4n) is 6.54. The summed E-state index contributed by atoms with van der Waals surface area (Å²) in [6.45, 7) is 3.92. The Morgan fingerprint density at radius 3 is 2.50 bits per heavy atom. The Morgan fingerprint density at radius 2 is 1.78 bits per heavy atom. The first-order valence-electron chi connectivity index (χ1n) is 15.0. The van der Waals surface area contributed by atoms with Crippen molar-refractivity contribution in [3.05, 3.63) is 60.6 Å².